The van der Waals surface area contributed by atoms with Crippen LogP contribution in [-0.4, -0.2) is 85.2 Å². The molecule has 0 saturated carbocycles. The lowest BCUT2D eigenvalue weighted by molar-refractivity contribution is -0.138. The van der Waals surface area contributed by atoms with E-state index in [0.29, 0.717) is 39.0 Å². The minimum Gasteiger partial charge on any atom is -0.450 e. The number of likely N-dealkylation sites (tertiary alicyclic amines) is 1. The fourth-order valence-corrected chi connectivity index (χ4v) is 3.91. The van der Waals surface area contributed by atoms with Crippen molar-refractivity contribution < 1.29 is 33.4 Å². The van der Waals surface area contributed by atoms with Crippen LogP contribution in [0.1, 0.15) is 52.4 Å². The standard InChI is InChI=1S/C21H36N4O7S/c1-4-31-20(29)23-11-7-6-8-15(24-21(30)32-5-2)9-12-22-17(26)10-13-25-18(27)14-16(33-3)19(25)28/h15-16H,4-14H2,1-3H3,(H,22,26)(H,23,29)(H,24,30). The van der Waals surface area contributed by atoms with Crippen molar-refractivity contribution in [3.05, 3.63) is 0 Å². The summed E-state index contributed by atoms with van der Waals surface area (Å²) in [7, 11) is 0. The van der Waals surface area contributed by atoms with Crippen LogP contribution in [0.5, 0.6) is 0 Å². The lowest BCUT2D eigenvalue weighted by atomic mass is 10.1. The first-order valence-corrected chi connectivity index (χ1v) is 12.6. The van der Waals surface area contributed by atoms with Crippen molar-refractivity contribution in [2.24, 2.45) is 0 Å². The third-order valence-electron chi connectivity index (χ3n) is 4.99. The van der Waals surface area contributed by atoms with E-state index in [1.165, 1.54) is 11.8 Å². The molecule has 1 rings (SSSR count). The van der Waals surface area contributed by atoms with Crippen LogP contribution in [0.4, 0.5) is 9.59 Å². The normalized spacial score (nSPS) is 16.3. The van der Waals surface area contributed by atoms with Crippen LogP contribution >= 0.6 is 11.8 Å². The Bertz CT molecular complexity index is 677. The Morgan fingerprint density at radius 2 is 1.73 bits per heavy atom. The highest BCUT2D eigenvalue weighted by Crippen LogP contribution is 2.23. The maximum Gasteiger partial charge on any atom is 0.407 e. The van der Waals surface area contributed by atoms with Gasteiger partial charge in [0.1, 0.15) is 0 Å². The number of unbranched alkanes of at least 4 members (excludes halogenated alkanes) is 1. The minimum absolute atomic E-state index is 0.0358. The number of carbonyl (C=O) groups is 5. The molecular formula is C21H36N4O7S. The summed E-state index contributed by atoms with van der Waals surface area (Å²) in [6.45, 7) is 4.87. The summed E-state index contributed by atoms with van der Waals surface area (Å²) < 4.78 is 9.73. The van der Waals surface area contributed by atoms with E-state index < -0.39 is 12.2 Å². The van der Waals surface area contributed by atoms with Crippen LogP contribution in [0, 0.1) is 0 Å². The largest absolute Gasteiger partial charge is 0.450 e. The van der Waals surface area contributed by atoms with E-state index in [-0.39, 0.29) is 55.0 Å². The van der Waals surface area contributed by atoms with Gasteiger partial charge in [0, 0.05) is 38.5 Å². The Balaban J connectivity index is 2.35. The number of nitrogens with zero attached hydrogens (tertiary/aromatic N) is 1. The Labute approximate surface area is 199 Å². The molecule has 1 aliphatic heterocycles. The molecule has 1 fully saturated rings. The molecule has 3 N–H and O–H groups in total. The zero-order chi connectivity index (χ0) is 24.6. The average Bonchev–Trinajstić information content (AvgIpc) is 3.04. The smallest absolute Gasteiger partial charge is 0.407 e. The van der Waals surface area contributed by atoms with E-state index in [4.69, 9.17) is 9.47 Å². The van der Waals surface area contributed by atoms with Crippen LogP contribution in [-0.2, 0) is 23.9 Å². The van der Waals surface area contributed by atoms with Crippen molar-refractivity contribution in [3.8, 4) is 0 Å². The van der Waals surface area contributed by atoms with Gasteiger partial charge in [-0.3, -0.25) is 19.3 Å². The van der Waals surface area contributed by atoms with Gasteiger partial charge in [-0.15, -0.1) is 0 Å². The van der Waals surface area contributed by atoms with E-state index >= 15 is 0 Å². The Morgan fingerprint density at radius 3 is 2.36 bits per heavy atom. The number of alkyl carbamates (subject to hydrolysis) is 2. The van der Waals surface area contributed by atoms with E-state index in [2.05, 4.69) is 16.0 Å². The maximum absolute atomic E-state index is 12.2. The summed E-state index contributed by atoms with van der Waals surface area (Å²) >= 11 is 1.34. The van der Waals surface area contributed by atoms with E-state index in [1.54, 1.807) is 20.1 Å². The molecule has 0 aromatic rings. The van der Waals surface area contributed by atoms with Gasteiger partial charge in [0.15, 0.2) is 0 Å². The number of hydrogen-bond acceptors (Lipinski definition) is 8. The first-order valence-electron chi connectivity index (χ1n) is 11.3. The van der Waals surface area contributed by atoms with E-state index in [1.807, 2.05) is 0 Å². The molecule has 188 valence electrons. The van der Waals surface area contributed by atoms with Crippen molar-refractivity contribution in [2.75, 3.05) is 39.1 Å². The van der Waals surface area contributed by atoms with Gasteiger partial charge in [0.25, 0.3) is 0 Å². The van der Waals surface area contributed by atoms with Gasteiger partial charge in [-0.05, 0) is 45.8 Å². The molecule has 0 radical (unpaired) electrons. The van der Waals surface area contributed by atoms with Crippen molar-refractivity contribution in [1.29, 1.82) is 0 Å². The van der Waals surface area contributed by atoms with E-state index in [0.717, 1.165) is 11.3 Å². The third kappa shape index (κ3) is 11.3. The topological polar surface area (TPSA) is 143 Å². The molecule has 0 spiro atoms. The molecule has 33 heavy (non-hydrogen) atoms. The van der Waals surface area contributed by atoms with Crippen LogP contribution in [0.3, 0.4) is 0 Å². The number of carbonyl (C=O) groups excluding carboxylic acids is 5. The molecule has 5 amide bonds. The number of amides is 5. The molecule has 1 heterocycles. The molecule has 1 aliphatic rings. The van der Waals surface area contributed by atoms with Crippen LogP contribution < -0.4 is 16.0 Å². The second kappa shape index (κ2) is 16.2. The SMILES string of the molecule is CCOC(=O)NCCCCC(CCNC(=O)CCN1C(=O)CC(SC)C1=O)NC(=O)OCC. The minimum atomic E-state index is -0.520. The van der Waals surface area contributed by atoms with Gasteiger partial charge in [-0.25, -0.2) is 9.59 Å². The molecule has 2 atom stereocenters. The number of nitrogens with one attached hydrogen (secondary N) is 3. The molecule has 0 aromatic heterocycles. The molecule has 0 bridgehead atoms. The molecule has 2 unspecified atom stereocenters. The number of thioether (sulfide) groups is 1. The zero-order valence-corrected chi connectivity index (χ0v) is 20.5. The first-order chi connectivity index (χ1) is 15.8. The number of hydrogen-bond donors (Lipinski definition) is 3. The Hall–Kier alpha value is -2.50. The highest BCUT2D eigenvalue weighted by molar-refractivity contribution is 8.00. The van der Waals surface area contributed by atoms with Gasteiger partial charge in [-0.1, -0.05) is 0 Å². The highest BCUT2D eigenvalue weighted by atomic mass is 32.2. The average molecular weight is 489 g/mol. The summed E-state index contributed by atoms with van der Waals surface area (Å²) in [4.78, 5) is 60.4. The third-order valence-corrected chi connectivity index (χ3v) is 5.92. The van der Waals surface area contributed by atoms with Crippen LogP contribution in [0.25, 0.3) is 0 Å². The molecule has 1 saturated heterocycles. The monoisotopic (exact) mass is 488 g/mol. The summed E-state index contributed by atoms with van der Waals surface area (Å²) in [6.07, 6.45) is 3.61. The quantitative estimate of drug-likeness (QED) is 0.232. The second-order valence-electron chi connectivity index (χ2n) is 7.41. The predicted molar refractivity (Wildman–Crippen MR) is 124 cm³/mol. The number of ether oxygens (including phenoxy) is 2. The lowest BCUT2D eigenvalue weighted by Crippen LogP contribution is -2.39. The molecule has 11 nitrogen and oxygen atoms in total. The van der Waals surface area contributed by atoms with Gasteiger partial charge >= 0.3 is 12.2 Å². The molecular weight excluding hydrogens is 452 g/mol. The maximum atomic E-state index is 12.2. The van der Waals surface area contributed by atoms with Gasteiger partial charge in [0.05, 0.1) is 18.5 Å². The molecule has 0 aliphatic carbocycles. The van der Waals surface area contributed by atoms with Crippen molar-refractivity contribution >= 4 is 41.7 Å². The zero-order valence-electron chi connectivity index (χ0n) is 19.6. The fourth-order valence-electron chi connectivity index (χ4n) is 3.28. The Morgan fingerprint density at radius 1 is 1.03 bits per heavy atom. The summed E-state index contributed by atoms with van der Waals surface area (Å²) in [5.74, 6) is -0.753. The summed E-state index contributed by atoms with van der Waals surface area (Å²) in [6, 6.07) is -0.212. The molecule has 12 heteroatoms. The molecule has 0 aromatic carbocycles. The van der Waals surface area contributed by atoms with Crippen molar-refractivity contribution in [2.45, 2.75) is 63.7 Å². The van der Waals surface area contributed by atoms with Gasteiger partial charge < -0.3 is 25.4 Å². The van der Waals surface area contributed by atoms with Crippen LogP contribution in [0.2, 0.25) is 0 Å². The second-order valence-corrected chi connectivity index (χ2v) is 8.45. The number of rotatable bonds is 15. The Kier molecular flexibility index (Phi) is 14.0. The van der Waals surface area contributed by atoms with Crippen molar-refractivity contribution in [1.82, 2.24) is 20.9 Å². The summed E-state index contributed by atoms with van der Waals surface area (Å²) in [5, 5.41) is 7.84. The fraction of sp³-hybridized carbons (Fsp3) is 0.762. The van der Waals surface area contributed by atoms with Crippen LogP contribution in [0.15, 0.2) is 0 Å². The van der Waals surface area contributed by atoms with Gasteiger partial charge in [-0.2, -0.15) is 11.8 Å². The van der Waals surface area contributed by atoms with Gasteiger partial charge in [0.2, 0.25) is 17.7 Å². The lowest BCUT2D eigenvalue weighted by Gasteiger charge is -2.19. The predicted octanol–water partition coefficient (Wildman–Crippen LogP) is 1.40. The van der Waals surface area contributed by atoms with E-state index in [9.17, 15) is 24.0 Å². The number of imide groups is 1. The summed E-state index contributed by atoms with van der Waals surface area (Å²) in [5.41, 5.74) is 0. The first kappa shape index (κ1) is 28.5. The highest BCUT2D eigenvalue weighted by Gasteiger charge is 2.37. The van der Waals surface area contributed by atoms with Crippen molar-refractivity contribution in [3.63, 3.8) is 0 Å².